The topological polar surface area (TPSA) is 68.1 Å². The van der Waals surface area contributed by atoms with Crippen molar-refractivity contribution in [2.75, 3.05) is 12.3 Å². The Morgan fingerprint density at radius 2 is 2.16 bits per heavy atom. The Balaban J connectivity index is 2.38. The van der Waals surface area contributed by atoms with Gasteiger partial charge in [0.1, 0.15) is 11.4 Å². The molecule has 1 aromatic heterocycles. The molecule has 0 saturated carbocycles. The van der Waals surface area contributed by atoms with Crippen LogP contribution in [0.4, 0.5) is 5.82 Å². The summed E-state index contributed by atoms with van der Waals surface area (Å²) in [6.07, 6.45) is 0. The quantitative estimate of drug-likeness (QED) is 0.846. The maximum absolute atomic E-state index is 11.7. The zero-order valence-corrected chi connectivity index (χ0v) is 11.5. The summed E-state index contributed by atoms with van der Waals surface area (Å²) < 4.78 is 4.94. The van der Waals surface area contributed by atoms with Crippen LogP contribution in [0.2, 0.25) is 5.02 Å². The molecule has 3 N–H and O–H groups in total. The average Bonchev–Trinajstić information content (AvgIpc) is 2.75. The fourth-order valence-corrected chi connectivity index (χ4v) is 1.93. The van der Waals surface area contributed by atoms with Gasteiger partial charge in [0.05, 0.1) is 6.61 Å². The number of carbonyl (C=O) groups excluding carboxylic acids is 1. The minimum atomic E-state index is -0.423. The number of ether oxygens (including phenoxy) is 1. The Kier molecular flexibility index (Phi) is 3.81. The molecular weight excluding hydrogens is 264 g/mol. The van der Waals surface area contributed by atoms with E-state index >= 15 is 0 Å². The highest BCUT2D eigenvalue weighted by atomic mass is 35.5. The van der Waals surface area contributed by atoms with E-state index in [0.717, 1.165) is 16.8 Å². The van der Waals surface area contributed by atoms with Gasteiger partial charge in [-0.3, -0.25) is 0 Å². The number of rotatable bonds is 3. The summed E-state index contributed by atoms with van der Waals surface area (Å²) in [5.74, 6) is -0.116. The van der Waals surface area contributed by atoms with Crippen molar-refractivity contribution < 1.29 is 9.53 Å². The number of anilines is 1. The molecule has 4 nitrogen and oxygen atoms in total. The van der Waals surface area contributed by atoms with Gasteiger partial charge in [-0.25, -0.2) is 4.79 Å². The number of aromatic amines is 1. The number of hydrogen-bond acceptors (Lipinski definition) is 3. The first kappa shape index (κ1) is 13.5. The van der Waals surface area contributed by atoms with Crippen LogP contribution in [0.15, 0.2) is 24.3 Å². The minimum absolute atomic E-state index is 0.307. The third-order valence-corrected chi connectivity index (χ3v) is 3.24. The standard InChI is InChI=1S/C14H15ClN2O2/c1-3-19-14(18)10-7-12(17-13(10)16)9-4-5-11(15)8(2)6-9/h4-7,17H,3,16H2,1-2H3. The molecule has 2 aromatic rings. The lowest BCUT2D eigenvalue weighted by Crippen LogP contribution is -2.05. The summed E-state index contributed by atoms with van der Waals surface area (Å²) in [7, 11) is 0. The van der Waals surface area contributed by atoms with Crippen LogP contribution in [0.5, 0.6) is 0 Å². The van der Waals surface area contributed by atoms with Gasteiger partial charge in [-0.15, -0.1) is 0 Å². The Bertz CT molecular complexity index is 620. The molecule has 5 heteroatoms. The third kappa shape index (κ3) is 2.74. The first-order valence-corrected chi connectivity index (χ1v) is 6.33. The molecule has 0 saturated heterocycles. The number of aromatic nitrogens is 1. The number of H-pyrrole nitrogens is 1. The van der Waals surface area contributed by atoms with Gasteiger partial charge in [-0.05, 0) is 43.2 Å². The van der Waals surface area contributed by atoms with Gasteiger partial charge in [0.15, 0.2) is 0 Å². The Morgan fingerprint density at radius 3 is 2.79 bits per heavy atom. The van der Waals surface area contributed by atoms with Gasteiger partial charge >= 0.3 is 5.97 Å². The smallest absolute Gasteiger partial charge is 0.341 e. The molecule has 0 aliphatic heterocycles. The van der Waals surface area contributed by atoms with Gasteiger partial charge < -0.3 is 15.5 Å². The third-order valence-electron chi connectivity index (χ3n) is 2.81. The second-order valence-electron chi connectivity index (χ2n) is 4.19. The molecule has 0 aliphatic carbocycles. The molecule has 2 rings (SSSR count). The van der Waals surface area contributed by atoms with Crippen molar-refractivity contribution in [1.82, 2.24) is 4.98 Å². The predicted molar refractivity (Wildman–Crippen MR) is 76.3 cm³/mol. The van der Waals surface area contributed by atoms with Crippen LogP contribution in [0.25, 0.3) is 11.3 Å². The molecule has 0 bridgehead atoms. The van der Waals surface area contributed by atoms with Crippen LogP contribution in [0, 0.1) is 6.92 Å². The highest BCUT2D eigenvalue weighted by Crippen LogP contribution is 2.27. The van der Waals surface area contributed by atoms with Crippen molar-refractivity contribution in [2.24, 2.45) is 0 Å². The number of halogens is 1. The lowest BCUT2D eigenvalue weighted by Gasteiger charge is -2.01. The van der Waals surface area contributed by atoms with Gasteiger partial charge in [0.25, 0.3) is 0 Å². The van der Waals surface area contributed by atoms with E-state index in [1.807, 2.05) is 25.1 Å². The highest BCUT2D eigenvalue weighted by molar-refractivity contribution is 6.31. The summed E-state index contributed by atoms with van der Waals surface area (Å²) in [5.41, 5.74) is 8.79. The first-order chi connectivity index (χ1) is 9.02. The van der Waals surface area contributed by atoms with Crippen molar-refractivity contribution in [1.29, 1.82) is 0 Å². The van der Waals surface area contributed by atoms with E-state index < -0.39 is 5.97 Å². The normalized spacial score (nSPS) is 10.5. The van der Waals surface area contributed by atoms with E-state index in [-0.39, 0.29) is 0 Å². The van der Waals surface area contributed by atoms with Gasteiger partial charge in [-0.2, -0.15) is 0 Å². The van der Waals surface area contributed by atoms with E-state index in [4.69, 9.17) is 22.1 Å². The molecule has 0 atom stereocenters. The van der Waals surface area contributed by atoms with Crippen LogP contribution in [-0.4, -0.2) is 17.6 Å². The second kappa shape index (κ2) is 5.36. The summed E-state index contributed by atoms with van der Waals surface area (Å²) in [5, 5.41) is 0.703. The number of benzene rings is 1. The lowest BCUT2D eigenvalue weighted by molar-refractivity contribution is 0.0528. The Labute approximate surface area is 116 Å². The van der Waals surface area contributed by atoms with Crippen molar-refractivity contribution in [3.05, 3.63) is 40.4 Å². The number of aryl methyl sites for hydroxylation is 1. The maximum Gasteiger partial charge on any atom is 0.341 e. The summed E-state index contributed by atoms with van der Waals surface area (Å²) in [6.45, 7) is 3.99. The molecule has 0 spiro atoms. The zero-order chi connectivity index (χ0) is 14.0. The number of hydrogen-bond donors (Lipinski definition) is 2. The second-order valence-corrected chi connectivity index (χ2v) is 4.60. The largest absolute Gasteiger partial charge is 0.462 e. The van der Waals surface area contributed by atoms with Gasteiger partial charge in [-0.1, -0.05) is 17.7 Å². The molecule has 1 aromatic carbocycles. The molecule has 0 fully saturated rings. The zero-order valence-electron chi connectivity index (χ0n) is 10.8. The number of nitrogen functional groups attached to an aromatic ring is 1. The number of nitrogens with two attached hydrogens (primary N) is 1. The maximum atomic E-state index is 11.7. The average molecular weight is 279 g/mol. The number of carbonyl (C=O) groups is 1. The molecule has 19 heavy (non-hydrogen) atoms. The summed E-state index contributed by atoms with van der Waals surface area (Å²) >= 11 is 5.99. The first-order valence-electron chi connectivity index (χ1n) is 5.95. The van der Waals surface area contributed by atoms with E-state index in [1.165, 1.54) is 0 Å². The van der Waals surface area contributed by atoms with Crippen molar-refractivity contribution in [3.8, 4) is 11.3 Å². The fourth-order valence-electron chi connectivity index (χ4n) is 1.82. The summed E-state index contributed by atoms with van der Waals surface area (Å²) in [4.78, 5) is 14.7. The monoisotopic (exact) mass is 278 g/mol. The fraction of sp³-hybridized carbons (Fsp3) is 0.214. The number of esters is 1. The molecule has 0 amide bonds. The molecule has 0 aliphatic rings. The molecular formula is C14H15ClN2O2. The van der Waals surface area contributed by atoms with Gasteiger partial charge in [0.2, 0.25) is 0 Å². The molecule has 1 heterocycles. The van der Waals surface area contributed by atoms with Gasteiger partial charge in [0, 0.05) is 10.7 Å². The van der Waals surface area contributed by atoms with Crippen LogP contribution in [0.1, 0.15) is 22.8 Å². The molecule has 100 valence electrons. The van der Waals surface area contributed by atoms with E-state index in [2.05, 4.69) is 4.98 Å². The van der Waals surface area contributed by atoms with Crippen molar-refractivity contribution >= 4 is 23.4 Å². The molecule has 0 radical (unpaired) electrons. The van der Waals surface area contributed by atoms with Crippen LogP contribution < -0.4 is 5.73 Å². The summed E-state index contributed by atoms with van der Waals surface area (Å²) in [6, 6.07) is 7.31. The Morgan fingerprint density at radius 1 is 1.42 bits per heavy atom. The van der Waals surface area contributed by atoms with Crippen LogP contribution >= 0.6 is 11.6 Å². The highest BCUT2D eigenvalue weighted by Gasteiger charge is 2.15. The van der Waals surface area contributed by atoms with Crippen molar-refractivity contribution in [2.45, 2.75) is 13.8 Å². The van der Waals surface area contributed by atoms with Crippen LogP contribution in [-0.2, 0) is 4.74 Å². The van der Waals surface area contributed by atoms with Crippen LogP contribution in [0.3, 0.4) is 0 Å². The minimum Gasteiger partial charge on any atom is -0.462 e. The van der Waals surface area contributed by atoms with Crippen molar-refractivity contribution in [3.63, 3.8) is 0 Å². The van der Waals surface area contributed by atoms with E-state index in [9.17, 15) is 4.79 Å². The van der Waals surface area contributed by atoms with E-state index in [1.54, 1.807) is 13.0 Å². The SMILES string of the molecule is CCOC(=O)c1cc(-c2ccc(Cl)c(C)c2)[nH]c1N. The number of nitrogens with one attached hydrogen (secondary N) is 1. The Hall–Kier alpha value is -1.94. The predicted octanol–water partition coefficient (Wildman–Crippen LogP) is 3.40. The van der Waals surface area contributed by atoms with E-state index in [0.29, 0.717) is 23.0 Å². The lowest BCUT2D eigenvalue weighted by atomic mass is 10.1. The molecule has 0 unspecified atom stereocenters.